The highest BCUT2D eigenvalue weighted by atomic mass is 16.3. The number of benzene rings is 1. The molecule has 0 heterocycles. The minimum absolute atomic E-state index is 0.0428. The van der Waals surface area contributed by atoms with E-state index in [-0.39, 0.29) is 17.2 Å². The van der Waals surface area contributed by atoms with Crippen LogP contribution in [0.25, 0.3) is 0 Å². The number of aromatic hydroxyl groups is 3. The molecular formula is C14H24N2O3. The average Bonchev–Trinajstić information content (AvgIpc) is 2.39. The fourth-order valence-corrected chi connectivity index (χ4v) is 2.21. The van der Waals surface area contributed by atoms with Crippen LogP contribution in [0.3, 0.4) is 0 Å². The van der Waals surface area contributed by atoms with Gasteiger partial charge in [-0.25, -0.2) is 0 Å². The highest BCUT2D eigenvalue weighted by Crippen LogP contribution is 2.41. The van der Waals surface area contributed by atoms with Crippen molar-refractivity contribution in [1.82, 2.24) is 4.90 Å². The number of rotatable bonds is 6. The maximum absolute atomic E-state index is 10.1. The molecule has 0 aromatic heterocycles. The van der Waals surface area contributed by atoms with Crippen LogP contribution in [-0.2, 0) is 6.54 Å². The Balaban J connectivity index is 3.12. The Kier molecular flexibility index (Phi) is 5.44. The smallest absolute Gasteiger partial charge is 0.130 e. The van der Waals surface area contributed by atoms with Gasteiger partial charge in [-0.3, -0.25) is 4.90 Å². The normalized spacial score (nSPS) is 11.2. The number of hydrogen-bond acceptors (Lipinski definition) is 5. The van der Waals surface area contributed by atoms with Gasteiger partial charge in [0.1, 0.15) is 17.2 Å². The van der Waals surface area contributed by atoms with Crippen molar-refractivity contribution in [2.24, 2.45) is 5.73 Å². The monoisotopic (exact) mass is 268 g/mol. The maximum Gasteiger partial charge on any atom is 0.130 e. The molecule has 0 aliphatic heterocycles. The molecule has 5 N–H and O–H groups in total. The molecule has 0 bridgehead atoms. The summed E-state index contributed by atoms with van der Waals surface area (Å²) >= 11 is 0. The maximum atomic E-state index is 10.1. The molecule has 0 aliphatic carbocycles. The summed E-state index contributed by atoms with van der Waals surface area (Å²) in [5.41, 5.74) is 6.82. The molecule has 0 spiro atoms. The summed E-state index contributed by atoms with van der Waals surface area (Å²) < 4.78 is 0. The lowest BCUT2D eigenvalue weighted by Gasteiger charge is -2.23. The lowest BCUT2D eigenvalue weighted by Crippen LogP contribution is -2.30. The lowest BCUT2D eigenvalue weighted by atomic mass is 10.0. The summed E-state index contributed by atoms with van der Waals surface area (Å²) in [5.74, 6) is -0.142. The van der Waals surface area contributed by atoms with Crippen LogP contribution in [0.1, 0.15) is 30.0 Å². The van der Waals surface area contributed by atoms with Crippen molar-refractivity contribution in [3.63, 3.8) is 0 Å². The van der Waals surface area contributed by atoms with E-state index in [1.54, 1.807) is 13.8 Å². The molecule has 0 saturated heterocycles. The van der Waals surface area contributed by atoms with Crippen molar-refractivity contribution >= 4 is 0 Å². The van der Waals surface area contributed by atoms with Crippen molar-refractivity contribution in [2.45, 2.75) is 33.7 Å². The third-order valence-corrected chi connectivity index (χ3v) is 3.36. The number of nitrogens with two attached hydrogens (primary N) is 1. The second-order valence-corrected chi connectivity index (χ2v) is 4.84. The molecule has 0 amide bonds. The predicted molar refractivity (Wildman–Crippen MR) is 75.5 cm³/mol. The van der Waals surface area contributed by atoms with Crippen LogP contribution in [0.4, 0.5) is 0 Å². The van der Waals surface area contributed by atoms with E-state index in [1.165, 1.54) is 0 Å². The van der Waals surface area contributed by atoms with Crippen molar-refractivity contribution in [2.75, 3.05) is 19.6 Å². The average molecular weight is 268 g/mol. The standard InChI is InChI=1S/C14H24N2O3/c1-4-6-16(7-5-15)8-11-13(18)9(2)12(17)10(3)14(11)19/h17-19H,4-8,15H2,1-3H3. The Morgan fingerprint density at radius 3 is 1.89 bits per heavy atom. The first-order chi connectivity index (χ1) is 8.93. The molecular weight excluding hydrogens is 244 g/mol. The Morgan fingerprint density at radius 2 is 1.47 bits per heavy atom. The van der Waals surface area contributed by atoms with Crippen LogP contribution in [0, 0.1) is 13.8 Å². The molecule has 0 fully saturated rings. The van der Waals surface area contributed by atoms with E-state index in [0.717, 1.165) is 13.0 Å². The molecule has 0 saturated carbocycles. The molecule has 108 valence electrons. The van der Waals surface area contributed by atoms with Crippen LogP contribution in [0.15, 0.2) is 0 Å². The first-order valence-electron chi connectivity index (χ1n) is 6.59. The third kappa shape index (κ3) is 3.30. The fourth-order valence-electron chi connectivity index (χ4n) is 2.21. The van der Waals surface area contributed by atoms with Gasteiger partial charge in [-0.15, -0.1) is 0 Å². The van der Waals surface area contributed by atoms with Crippen molar-refractivity contribution in [1.29, 1.82) is 0 Å². The Bertz CT molecular complexity index is 412. The summed E-state index contributed by atoms with van der Waals surface area (Å²) in [6.45, 7) is 7.82. The van der Waals surface area contributed by atoms with Gasteiger partial charge in [0.05, 0.1) is 5.56 Å². The van der Waals surface area contributed by atoms with Gasteiger partial charge in [0.2, 0.25) is 0 Å². The Morgan fingerprint density at radius 1 is 0.947 bits per heavy atom. The van der Waals surface area contributed by atoms with Gasteiger partial charge < -0.3 is 21.1 Å². The van der Waals surface area contributed by atoms with Gasteiger partial charge in [-0.2, -0.15) is 0 Å². The molecule has 0 radical (unpaired) electrons. The van der Waals surface area contributed by atoms with Crippen LogP contribution in [0.2, 0.25) is 0 Å². The summed E-state index contributed by atoms with van der Waals surface area (Å²) in [6.07, 6.45) is 0.970. The zero-order valence-electron chi connectivity index (χ0n) is 11.9. The first kappa shape index (κ1) is 15.6. The quantitative estimate of drug-likeness (QED) is 0.629. The molecule has 5 heteroatoms. The Hall–Kier alpha value is -1.46. The summed E-state index contributed by atoms with van der Waals surface area (Å²) in [7, 11) is 0. The van der Waals surface area contributed by atoms with Gasteiger partial charge in [0, 0.05) is 30.8 Å². The van der Waals surface area contributed by atoms with Gasteiger partial charge >= 0.3 is 0 Å². The topological polar surface area (TPSA) is 90.0 Å². The van der Waals surface area contributed by atoms with E-state index in [1.807, 2.05) is 0 Å². The number of hydrogen-bond donors (Lipinski definition) is 4. The van der Waals surface area contributed by atoms with E-state index in [2.05, 4.69) is 11.8 Å². The fraction of sp³-hybridized carbons (Fsp3) is 0.571. The van der Waals surface area contributed by atoms with Crippen molar-refractivity contribution < 1.29 is 15.3 Å². The SMILES string of the molecule is CCCN(CCN)Cc1c(O)c(C)c(O)c(C)c1O. The lowest BCUT2D eigenvalue weighted by molar-refractivity contribution is 0.264. The third-order valence-electron chi connectivity index (χ3n) is 3.36. The number of phenols is 3. The van der Waals surface area contributed by atoms with Crippen molar-refractivity contribution in [3.8, 4) is 17.2 Å². The van der Waals surface area contributed by atoms with E-state index in [4.69, 9.17) is 5.73 Å². The molecule has 19 heavy (non-hydrogen) atoms. The molecule has 0 atom stereocenters. The Labute approximate surface area is 114 Å². The van der Waals surface area contributed by atoms with Crippen LogP contribution in [-0.4, -0.2) is 39.9 Å². The second kappa shape index (κ2) is 6.63. The second-order valence-electron chi connectivity index (χ2n) is 4.84. The largest absolute Gasteiger partial charge is 0.507 e. The van der Waals surface area contributed by atoms with E-state index in [9.17, 15) is 15.3 Å². The molecule has 0 unspecified atom stereocenters. The highest BCUT2D eigenvalue weighted by Gasteiger charge is 2.20. The minimum Gasteiger partial charge on any atom is -0.507 e. The van der Waals surface area contributed by atoms with Gasteiger partial charge in [-0.1, -0.05) is 6.92 Å². The molecule has 1 aromatic carbocycles. The molecule has 0 aliphatic rings. The van der Waals surface area contributed by atoms with E-state index < -0.39 is 0 Å². The minimum atomic E-state index is -0.0559. The van der Waals surface area contributed by atoms with Gasteiger partial charge in [0.25, 0.3) is 0 Å². The molecule has 1 rings (SSSR count). The van der Waals surface area contributed by atoms with Gasteiger partial charge in [-0.05, 0) is 26.8 Å². The molecule has 1 aromatic rings. The van der Waals surface area contributed by atoms with E-state index in [0.29, 0.717) is 36.3 Å². The summed E-state index contributed by atoms with van der Waals surface area (Å²) in [5, 5.41) is 30.0. The van der Waals surface area contributed by atoms with Gasteiger partial charge in [0.15, 0.2) is 0 Å². The van der Waals surface area contributed by atoms with Crippen LogP contribution in [0.5, 0.6) is 17.2 Å². The summed E-state index contributed by atoms with van der Waals surface area (Å²) in [6, 6.07) is 0. The van der Waals surface area contributed by atoms with E-state index >= 15 is 0 Å². The predicted octanol–water partition coefficient (Wildman–Crippen LogP) is 1.59. The first-order valence-corrected chi connectivity index (χ1v) is 6.59. The van der Waals surface area contributed by atoms with Crippen LogP contribution >= 0.6 is 0 Å². The number of phenolic OH excluding ortho intramolecular Hbond substituents is 3. The molecule has 5 nitrogen and oxygen atoms in total. The summed E-state index contributed by atoms with van der Waals surface area (Å²) in [4.78, 5) is 2.07. The zero-order chi connectivity index (χ0) is 14.6. The van der Waals surface area contributed by atoms with Crippen molar-refractivity contribution in [3.05, 3.63) is 16.7 Å². The van der Waals surface area contributed by atoms with Crippen LogP contribution < -0.4 is 5.73 Å². The highest BCUT2D eigenvalue weighted by molar-refractivity contribution is 5.60. The number of nitrogens with zero attached hydrogens (tertiary/aromatic N) is 1. The zero-order valence-corrected chi connectivity index (χ0v) is 11.9.